The Balaban J connectivity index is 2.15. The Kier molecular flexibility index (Phi) is 2.58. The molecule has 0 aromatic carbocycles. The Hall–Kier alpha value is -1.23. The van der Waals surface area contributed by atoms with Gasteiger partial charge in [-0.3, -0.25) is 0 Å². The third-order valence-corrected chi connectivity index (χ3v) is 2.19. The van der Waals surface area contributed by atoms with E-state index in [-0.39, 0.29) is 12.0 Å². The van der Waals surface area contributed by atoms with Crippen molar-refractivity contribution >= 4 is 0 Å². The van der Waals surface area contributed by atoms with Crippen LogP contribution in [0.5, 0.6) is 5.88 Å². The van der Waals surface area contributed by atoms with Crippen LogP contribution in [-0.4, -0.2) is 29.2 Å². The van der Waals surface area contributed by atoms with E-state index in [1.807, 2.05) is 6.92 Å². The van der Waals surface area contributed by atoms with E-state index in [1.165, 1.54) is 6.33 Å². The van der Waals surface area contributed by atoms with E-state index in [0.717, 1.165) is 13.1 Å². The van der Waals surface area contributed by atoms with Crippen LogP contribution in [0.15, 0.2) is 6.33 Å². The number of halogens is 1. The van der Waals surface area contributed by atoms with E-state index < -0.39 is 5.82 Å². The molecule has 1 fully saturated rings. The van der Waals surface area contributed by atoms with Crippen molar-refractivity contribution < 1.29 is 9.13 Å². The summed E-state index contributed by atoms with van der Waals surface area (Å²) < 4.78 is 18.9. The van der Waals surface area contributed by atoms with E-state index in [0.29, 0.717) is 12.1 Å². The predicted molar refractivity (Wildman–Crippen MR) is 48.7 cm³/mol. The van der Waals surface area contributed by atoms with Crippen molar-refractivity contribution in [2.75, 3.05) is 13.1 Å². The summed E-state index contributed by atoms with van der Waals surface area (Å²) in [5.74, 6) is -0.356. The van der Waals surface area contributed by atoms with Crippen LogP contribution in [0.1, 0.15) is 12.6 Å². The monoisotopic (exact) mass is 197 g/mol. The maximum absolute atomic E-state index is 13.5. The predicted octanol–water partition coefficient (Wildman–Crippen LogP) is 0.529. The second-order valence-corrected chi connectivity index (χ2v) is 3.19. The van der Waals surface area contributed by atoms with Crippen LogP contribution in [0.2, 0.25) is 0 Å². The number of nitrogens with zero attached hydrogens (tertiary/aromatic N) is 2. The van der Waals surface area contributed by atoms with Gasteiger partial charge < -0.3 is 10.1 Å². The molecule has 0 spiro atoms. The fourth-order valence-corrected chi connectivity index (χ4v) is 1.22. The molecule has 1 N–H and O–H groups in total. The Morgan fingerprint density at radius 1 is 1.57 bits per heavy atom. The molecule has 0 bridgehead atoms. The minimum absolute atomic E-state index is 0.0455. The average Bonchev–Trinajstić information content (AvgIpc) is 2.13. The van der Waals surface area contributed by atoms with Gasteiger partial charge in [0.1, 0.15) is 12.4 Å². The number of nitrogens with one attached hydrogen (secondary N) is 1. The summed E-state index contributed by atoms with van der Waals surface area (Å²) in [7, 11) is 0. The summed E-state index contributed by atoms with van der Waals surface area (Å²) in [6.07, 6.45) is 1.93. The molecule has 2 heterocycles. The van der Waals surface area contributed by atoms with Gasteiger partial charge in [0.2, 0.25) is 5.82 Å². The summed E-state index contributed by atoms with van der Waals surface area (Å²) in [4.78, 5) is 7.60. The summed E-state index contributed by atoms with van der Waals surface area (Å²) in [5.41, 5.74) is 0.405. The Morgan fingerprint density at radius 2 is 2.36 bits per heavy atom. The molecule has 1 aliphatic rings. The van der Waals surface area contributed by atoms with Crippen molar-refractivity contribution in [1.82, 2.24) is 15.3 Å². The molecule has 0 radical (unpaired) electrons. The van der Waals surface area contributed by atoms with Gasteiger partial charge in [-0.1, -0.05) is 6.92 Å². The molecule has 0 atom stereocenters. The number of ether oxygens (including phenoxy) is 1. The second kappa shape index (κ2) is 3.88. The lowest BCUT2D eigenvalue weighted by Crippen LogP contribution is -2.50. The van der Waals surface area contributed by atoms with Gasteiger partial charge >= 0.3 is 0 Å². The van der Waals surface area contributed by atoms with E-state index in [9.17, 15) is 4.39 Å². The molecular formula is C9H12FN3O. The van der Waals surface area contributed by atoms with Gasteiger partial charge in [-0.15, -0.1) is 0 Å². The number of hydrogen-bond donors (Lipinski definition) is 1. The SMILES string of the molecule is CCc1ncnc(OC2CNC2)c1F. The summed E-state index contributed by atoms with van der Waals surface area (Å²) in [5, 5.41) is 3.04. The Morgan fingerprint density at radius 3 is 2.93 bits per heavy atom. The molecule has 1 aliphatic heterocycles. The number of aryl methyl sites for hydroxylation is 1. The van der Waals surface area contributed by atoms with Gasteiger partial charge in [0, 0.05) is 13.1 Å². The molecule has 1 aromatic heterocycles. The molecule has 1 saturated heterocycles. The molecular weight excluding hydrogens is 185 g/mol. The number of aromatic nitrogens is 2. The molecule has 5 heteroatoms. The van der Waals surface area contributed by atoms with Gasteiger partial charge in [-0.25, -0.2) is 4.98 Å². The highest BCUT2D eigenvalue weighted by molar-refractivity contribution is 5.17. The van der Waals surface area contributed by atoms with Crippen LogP contribution in [0.25, 0.3) is 0 Å². The fourth-order valence-electron chi connectivity index (χ4n) is 1.22. The second-order valence-electron chi connectivity index (χ2n) is 3.19. The smallest absolute Gasteiger partial charge is 0.254 e. The fraction of sp³-hybridized carbons (Fsp3) is 0.556. The van der Waals surface area contributed by atoms with Crippen molar-refractivity contribution in [2.45, 2.75) is 19.4 Å². The molecule has 0 unspecified atom stereocenters. The molecule has 0 aliphatic carbocycles. The first kappa shape index (κ1) is 9.33. The highest BCUT2D eigenvalue weighted by atomic mass is 19.1. The topological polar surface area (TPSA) is 47.0 Å². The summed E-state index contributed by atoms with van der Waals surface area (Å²) >= 11 is 0. The molecule has 0 amide bonds. The van der Waals surface area contributed by atoms with Gasteiger partial charge in [0.25, 0.3) is 5.88 Å². The quantitative estimate of drug-likeness (QED) is 0.767. The lowest BCUT2D eigenvalue weighted by Gasteiger charge is -2.27. The third-order valence-electron chi connectivity index (χ3n) is 2.19. The third kappa shape index (κ3) is 1.68. The highest BCUT2D eigenvalue weighted by Crippen LogP contribution is 2.17. The van der Waals surface area contributed by atoms with Gasteiger partial charge in [-0.05, 0) is 6.42 Å². The van der Waals surface area contributed by atoms with E-state index in [4.69, 9.17) is 4.74 Å². The Labute approximate surface area is 81.5 Å². The molecule has 2 rings (SSSR count). The van der Waals surface area contributed by atoms with Crippen molar-refractivity contribution in [3.8, 4) is 5.88 Å². The first-order valence-corrected chi connectivity index (χ1v) is 4.68. The first-order valence-electron chi connectivity index (χ1n) is 4.68. The van der Waals surface area contributed by atoms with Crippen LogP contribution in [-0.2, 0) is 6.42 Å². The summed E-state index contributed by atoms with van der Waals surface area (Å²) in [6.45, 7) is 3.36. The first-order chi connectivity index (χ1) is 6.81. The molecule has 14 heavy (non-hydrogen) atoms. The molecule has 0 saturated carbocycles. The van der Waals surface area contributed by atoms with Crippen LogP contribution >= 0.6 is 0 Å². The lowest BCUT2D eigenvalue weighted by atomic mass is 10.2. The van der Waals surface area contributed by atoms with Crippen LogP contribution in [0.3, 0.4) is 0 Å². The number of rotatable bonds is 3. The lowest BCUT2D eigenvalue weighted by molar-refractivity contribution is 0.129. The zero-order valence-corrected chi connectivity index (χ0v) is 7.96. The standard InChI is InChI=1S/C9H12FN3O/c1-2-7-8(10)9(13-5-12-7)14-6-3-11-4-6/h5-6,11H,2-4H2,1H3. The maximum Gasteiger partial charge on any atom is 0.254 e. The van der Waals surface area contributed by atoms with Gasteiger partial charge in [-0.2, -0.15) is 9.37 Å². The van der Waals surface area contributed by atoms with Crippen molar-refractivity contribution in [3.63, 3.8) is 0 Å². The van der Waals surface area contributed by atoms with Gasteiger partial charge in [0.15, 0.2) is 0 Å². The van der Waals surface area contributed by atoms with Crippen molar-refractivity contribution in [3.05, 3.63) is 17.8 Å². The Bertz CT molecular complexity index is 328. The largest absolute Gasteiger partial charge is 0.469 e. The van der Waals surface area contributed by atoms with Crippen molar-refractivity contribution in [2.24, 2.45) is 0 Å². The molecule has 1 aromatic rings. The molecule has 4 nitrogen and oxygen atoms in total. The summed E-state index contributed by atoms with van der Waals surface area (Å²) in [6, 6.07) is 0. The van der Waals surface area contributed by atoms with Crippen LogP contribution < -0.4 is 10.1 Å². The normalized spacial score (nSPS) is 16.4. The highest BCUT2D eigenvalue weighted by Gasteiger charge is 2.21. The van der Waals surface area contributed by atoms with Crippen LogP contribution in [0, 0.1) is 5.82 Å². The molecule has 76 valence electrons. The van der Waals surface area contributed by atoms with E-state index in [2.05, 4.69) is 15.3 Å². The minimum atomic E-state index is -0.429. The van der Waals surface area contributed by atoms with E-state index in [1.54, 1.807) is 0 Å². The minimum Gasteiger partial charge on any atom is -0.469 e. The zero-order valence-electron chi connectivity index (χ0n) is 7.96. The van der Waals surface area contributed by atoms with Gasteiger partial charge in [0.05, 0.1) is 5.69 Å². The van der Waals surface area contributed by atoms with Crippen LogP contribution in [0.4, 0.5) is 4.39 Å². The van der Waals surface area contributed by atoms with E-state index >= 15 is 0 Å². The zero-order chi connectivity index (χ0) is 9.97. The number of hydrogen-bond acceptors (Lipinski definition) is 4. The maximum atomic E-state index is 13.5. The average molecular weight is 197 g/mol. The van der Waals surface area contributed by atoms with Crippen molar-refractivity contribution in [1.29, 1.82) is 0 Å².